The molecule has 0 bridgehead atoms. The van der Waals surface area contributed by atoms with Crippen molar-refractivity contribution in [3.05, 3.63) is 46.2 Å². The number of aldehydes is 2. The monoisotopic (exact) mass is 216 g/mol. The maximum absolute atomic E-state index is 10.9. The molecule has 1 aromatic heterocycles. The van der Waals surface area contributed by atoms with Crippen LogP contribution in [0.15, 0.2) is 35.0 Å². The molecule has 1 aromatic carbocycles. The number of hydrogen-bond acceptors (Lipinski definition) is 3. The molecule has 0 atom stereocenters. The Morgan fingerprint density at radius 2 is 1.93 bits per heavy atom. The van der Waals surface area contributed by atoms with Gasteiger partial charge >= 0.3 is 0 Å². The van der Waals surface area contributed by atoms with Crippen molar-refractivity contribution in [2.75, 3.05) is 0 Å². The highest BCUT2D eigenvalue weighted by Crippen LogP contribution is 2.25. The van der Waals surface area contributed by atoms with Gasteiger partial charge in [-0.25, -0.2) is 0 Å². The van der Waals surface area contributed by atoms with E-state index in [4.69, 9.17) is 0 Å². The Kier molecular flexibility index (Phi) is 2.74. The molecule has 0 saturated carbocycles. The topological polar surface area (TPSA) is 34.1 Å². The van der Waals surface area contributed by atoms with Gasteiger partial charge in [-0.05, 0) is 34.0 Å². The molecule has 0 aliphatic rings. The molecule has 0 radical (unpaired) electrons. The van der Waals surface area contributed by atoms with E-state index in [1.165, 1.54) is 0 Å². The molecule has 2 nitrogen and oxygen atoms in total. The number of benzene rings is 1. The molecule has 3 heteroatoms. The Labute approximate surface area is 91.2 Å². The predicted octanol–water partition coefficient (Wildman–Crippen LogP) is 3.04. The van der Waals surface area contributed by atoms with Crippen molar-refractivity contribution in [2.45, 2.75) is 0 Å². The zero-order valence-corrected chi connectivity index (χ0v) is 8.66. The van der Waals surface area contributed by atoms with Gasteiger partial charge in [-0.2, -0.15) is 11.3 Å². The van der Waals surface area contributed by atoms with E-state index in [0.717, 1.165) is 23.7 Å². The number of thiophene rings is 1. The molecule has 0 fully saturated rings. The van der Waals surface area contributed by atoms with Crippen molar-refractivity contribution < 1.29 is 9.59 Å². The molecular formula is C12H8O2S. The smallest absolute Gasteiger partial charge is 0.150 e. The first-order valence-electron chi connectivity index (χ1n) is 4.42. The summed E-state index contributed by atoms with van der Waals surface area (Å²) in [6.07, 6.45) is 1.52. The largest absolute Gasteiger partial charge is 0.298 e. The Morgan fingerprint density at radius 3 is 2.53 bits per heavy atom. The predicted molar refractivity (Wildman–Crippen MR) is 60.5 cm³/mol. The molecule has 0 aliphatic carbocycles. The lowest BCUT2D eigenvalue weighted by atomic mass is 10.0. The summed E-state index contributed by atoms with van der Waals surface area (Å²) in [6, 6.07) is 7.07. The summed E-state index contributed by atoms with van der Waals surface area (Å²) in [6.45, 7) is 0. The first-order chi connectivity index (χ1) is 7.35. The molecule has 2 aromatic rings. The van der Waals surface area contributed by atoms with Gasteiger partial charge < -0.3 is 0 Å². The molecular weight excluding hydrogens is 208 g/mol. The number of hydrogen-bond donors (Lipinski definition) is 0. The van der Waals surface area contributed by atoms with Crippen molar-refractivity contribution in [2.24, 2.45) is 0 Å². The molecule has 74 valence electrons. The van der Waals surface area contributed by atoms with Gasteiger partial charge in [-0.1, -0.05) is 12.1 Å². The van der Waals surface area contributed by atoms with Crippen molar-refractivity contribution in [3.63, 3.8) is 0 Å². The lowest BCUT2D eigenvalue weighted by molar-refractivity contribution is 0.112. The molecule has 0 saturated heterocycles. The van der Waals surface area contributed by atoms with Crippen molar-refractivity contribution in [1.29, 1.82) is 0 Å². The van der Waals surface area contributed by atoms with Gasteiger partial charge in [0.05, 0.1) is 0 Å². The van der Waals surface area contributed by atoms with Gasteiger partial charge in [0, 0.05) is 11.1 Å². The standard InChI is InChI=1S/C12H8O2S/c13-6-9-1-2-12(11(5-9)7-14)10-3-4-15-8-10/h1-8H. The molecule has 0 N–H and O–H groups in total. The lowest BCUT2D eigenvalue weighted by Crippen LogP contribution is -1.89. The van der Waals surface area contributed by atoms with Crippen LogP contribution in [-0.4, -0.2) is 12.6 Å². The fourth-order valence-electron chi connectivity index (χ4n) is 1.43. The van der Waals surface area contributed by atoms with Crippen LogP contribution in [0.5, 0.6) is 0 Å². The van der Waals surface area contributed by atoms with Gasteiger partial charge in [0.1, 0.15) is 6.29 Å². The highest BCUT2D eigenvalue weighted by atomic mass is 32.1. The van der Waals surface area contributed by atoms with Crippen molar-refractivity contribution in [1.82, 2.24) is 0 Å². The minimum absolute atomic E-state index is 0.524. The molecule has 0 amide bonds. The van der Waals surface area contributed by atoms with E-state index in [0.29, 0.717) is 11.1 Å². The van der Waals surface area contributed by atoms with E-state index in [1.54, 1.807) is 29.5 Å². The third-order valence-corrected chi connectivity index (χ3v) is 2.85. The number of carbonyl (C=O) groups excluding carboxylic acids is 2. The fraction of sp³-hybridized carbons (Fsp3) is 0. The summed E-state index contributed by atoms with van der Waals surface area (Å²) in [4.78, 5) is 21.4. The van der Waals surface area contributed by atoms with Crippen LogP contribution >= 0.6 is 11.3 Å². The summed E-state index contributed by atoms with van der Waals surface area (Å²) in [5.41, 5.74) is 2.96. The maximum Gasteiger partial charge on any atom is 0.150 e. The third-order valence-electron chi connectivity index (χ3n) is 2.17. The van der Waals surface area contributed by atoms with Crippen LogP contribution < -0.4 is 0 Å². The first-order valence-corrected chi connectivity index (χ1v) is 5.36. The van der Waals surface area contributed by atoms with Gasteiger partial charge in [-0.15, -0.1) is 0 Å². The van der Waals surface area contributed by atoms with Crippen LogP contribution in [0, 0.1) is 0 Å². The molecule has 15 heavy (non-hydrogen) atoms. The molecule has 2 rings (SSSR count). The molecule has 0 spiro atoms. The lowest BCUT2D eigenvalue weighted by Gasteiger charge is -2.02. The van der Waals surface area contributed by atoms with Gasteiger partial charge in [0.15, 0.2) is 6.29 Å². The second kappa shape index (κ2) is 4.19. The first kappa shape index (κ1) is 9.80. The minimum Gasteiger partial charge on any atom is -0.298 e. The van der Waals surface area contributed by atoms with Crippen molar-refractivity contribution >= 4 is 23.9 Å². The van der Waals surface area contributed by atoms with E-state index in [-0.39, 0.29) is 0 Å². The van der Waals surface area contributed by atoms with Gasteiger partial charge in [0.25, 0.3) is 0 Å². The van der Waals surface area contributed by atoms with Crippen LogP contribution in [0.3, 0.4) is 0 Å². The Balaban J connectivity index is 2.57. The second-order valence-electron chi connectivity index (χ2n) is 3.09. The summed E-state index contributed by atoms with van der Waals surface area (Å²) in [7, 11) is 0. The SMILES string of the molecule is O=Cc1ccc(-c2ccsc2)c(C=O)c1. The average Bonchev–Trinajstić information content (AvgIpc) is 2.81. The van der Waals surface area contributed by atoms with E-state index in [9.17, 15) is 9.59 Å². The zero-order valence-electron chi connectivity index (χ0n) is 7.84. The van der Waals surface area contributed by atoms with Crippen LogP contribution in [0.2, 0.25) is 0 Å². The van der Waals surface area contributed by atoms with Crippen LogP contribution in [0.4, 0.5) is 0 Å². The summed E-state index contributed by atoms with van der Waals surface area (Å²) >= 11 is 1.58. The average molecular weight is 216 g/mol. The van der Waals surface area contributed by atoms with E-state index >= 15 is 0 Å². The Bertz CT molecular complexity index is 486. The second-order valence-corrected chi connectivity index (χ2v) is 3.87. The minimum atomic E-state index is 0.524. The van der Waals surface area contributed by atoms with E-state index < -0.39 is 0 Å². The van der Waals surface area contributed by atoms with E-state index in [2.05, 4.69) is 0 Å². The van der Waals surface area contributed by atoms with Crippen LogP contribution in [0.25, 0.3) is 11.1 Å². The normalized spacial score (nSPS) is 9.87. The fourth-order valence-corrected chi connectivity index (χ4v) is 2.09. The zero-order chi connectivity index (χ0) is 10.7. The quantitative estimate of drug-likeness (QED) is 0.739. The maximum atomic E-state index is 10.9. The molecule has 1 heterocycles. The number of rotatable bonds is 3. The molecule has 0 aliphatic heterocycles. The van der Waals surface area contributed by atoms with Crippen LogP contribution in [0.1, 0.15) is 20.7 Å². The summed E-state index contributed by atoms with van der Waals surface area (Å²) in [5.74, 6) is 0. The summed E-state index contributed by atoms with van der Waals surface area (Å²) < 4.78 is 0. The third kappa shape index (κ3) is 1.87. The van der Waals surface area contributed by atoms with Gasteiger partial charge in [-0.3, -0.25) is 9.59 Å². The summed E-state index contributed by atoms with van der Waals surface area (Å²) in [5, 5.41) is 3.93. The van der Waals surface area contributed by atoms with E-state index in [1.807, 2.05) is 16.8 Å². The Hall–Kier alpha value is -1.74. The highest BCUT2D eigenvalue weighted by Gasteiger charge is 2.05. The molecule has 0 unspecified atom stereocenters. The Morgan fingerprint density at radius 1 is 1.07 bits per heavy atom. The number of carbonyl (C=O) groups is 2. The highest BCUT2D eigenvalue weighted by molar-refractivity contribution is 7.08. The van der Waals surface area contributed by atoms with Gasteiger partial charge in [0.2, 0.25) is 0 Å². The van der Waals surface area contributed by atoms with Crippen molar-refractivity contribution in [3.8, 4) is 11.1 Å². The van der Waals surface area contributed by atoms with Crippen LogP contribution in [-0.2, 0) is 0 Å².